The molecule has 0 aliphatic rings. The highest BCUT2D eigenvalue weighted by molar-refractivity contribution is 8.01. The van der Waals surface area contributed by atoms with Gasteiger partial charge in [-0.25, -0.2) is 4.98 Å². The van der Waals surface area contributed by atoms with Crippen LogP contribution in [0.4, 0.5) is 29.0 Å². The van der Waals surface area contributed by atoms with Gasteiger partial charge < -0.3 is 15.7 Å². The summed E-state index contributed by atoms with van der Waals surface area (Å²) in [5.41, 5.74) is 3.67. The maximum Gasteiger partial charge on any atom is 0.233 e. The molecule has 0 saturated heterocycles. The van der Waals surface area contributed by atoms with Crippen LogP contribution in [-0.2, 0) is 0 Å². The minimum absolute atomic E-state index is 0.0723. The number of halogens is 2. The van der Waals surface area contributed by atoms with Crippen LogP contribution in [0.5, 0.6) is 5.75 Å². The van der Waals surface area contributed by atoms with Crippen molar-refractivity contribution in [2.45, 2.75) is 9.50 Å². The summed E-state index contributed by atoms with van der Waals surface area (Å²) >= 11 is 14.9. The molecule has 2 heterocycles. The molecule has 41 heavy (non-hydrogen) atoms. The zero-order valence-corrected chi connectivity index (χ0v) is 24.1. The summed E-state index contributed by atoms with van der Waals surface area (Å²) in [6.45, 7) is 0. The minimum Gasteiger partial charge on any atom is -0.506 e. The number of hydrogen-bond acceptors (Lipinski definition) is 10. The number of nitrogens with one attached hydrogen (secondary N) is 2. The average Bonchev–Trinajstić information content (AvgIpc) is 3.36. The maximum absolute atomic E-state index is 10.2. The number of benzene rings is 4. The van der Waals surface area contributed by atoms with E-state index < -0.39 is 0 Å². The second kappa shape index (κ2) is 12.1. The van der Waals surface area contributed by atoms with E-state index in [2.05, 4.69) is 30.6 Å². The van der Waals surface area contributed by atoms with Crippen molar-refractivity contribution in [2.75, 3.05) is 10.6 Å². The smallest absolute Gasteiger partial charge is 0.233 e. The van der Waals surface area contributed by atoms with Crippen LogP contribution in [0, 0.1) is 0 Å². The van der Waals surface area contributed by atoms with Crippen molar-refractivity contribution < 1.29 is 5.11 Å². The molecular formula is C29H19Cl2N7OS2. The number of thiazole rings is 1. The van der Waals surface area contributed by atoms with Gasteiger partial charge in [-0.1, -0.05) is 59.6 Å². The first-order chi connectivity index (χ1) is 20.0. The predicted molar refractivity (Wildman–Crippen MR) is 168 cm³/mol. The number of phenols is 1. The predicted octanol–water partition coefficient (Wildman–Crippen LogP) is 8.88. The molecule has 0 aliphatic heterocycles. The largest absolute Gasteiger partial charge is 0.506 e. The zero-order valence-electron chi connectivity index (χ0n) is 21.0. The van der Waals surface area contributed by atoms with Crippen LogP contribution in [0.3, 0.4) is 0 Å². The van der Waals surface area contributed by atoms with E-state index in [1.807, 2.05) is 78.9 Å². The number of nitrogens with zero attached hydrogens (tertiary/aromatic N) is 5. The molecule has 0 radical (unpaired) electrons. The van der Waals surface area contributed by atoms with Crippen LogP contribution in [0.2, 0.25) is 10.0 Å². The van der Waals surface area contributed by atoms with Crippen molar-refractivity contribution in [3.63, 3.8) is 0 Å². The molecule has 0 unspecified atom stereocenters. The molecule has 12 heteroatoms. The number of aromatic nitrogens is 4. The lowest BCUT2D eigenvalue weighted by Crippen LogP contribution is -2.05. The van der Waals surface area contributed by atoms with Crippen LogP contribution in [0.25, 0.3) is 10.2 Å². The van der Waals surface area contributed by atoms with E-state index in [0.717, 1.165) is 25.9 Å². The maximum atomic E-state index is 10.2. The van der Waals surface area contributed by atoms with Crippen molar-refractivity contribution >= 4 is 91.7 Å². The minimum atomic E-state index is -0.0723. The number of para-hydroxylation sites is 2. The first-order valence-electron chi connectivity index (χ1n) is 12.2. The summed E-state index contributed by atoms with van der Waals surface area (Å²) in [5, 5.41) is 17.8. The number of rotatable bonds is 8. The Morgan fingerprint density at radius 3 is 2.10 bits per heavy atom. The second-order valence-electron chi connectivity index (χ2n) is 8.56. The molecule has 6 aromatic rings. The second-order valence-corrected chi connectivity index (χ2v) is 11.7. The molecule has 202 valence electrons. The molecule has 3 N–H and O–H groups in total. The number of hydrogen-bond donors (Lipinski definition) is 3. The molecule has 0 aliphatic carbocycles. The summed E-state index contributed by atoms with van der Waals surface area (Å²) in [4.78, 5) is 23.0. The van der Waals surface area contributed by atoms with Crippen molar-refractivity contribution in [2.24, 2.45) is 4.99 Å². The molecule has 0 amide bonds. The summed E-state index contributed by atoms with van der Waals surface area (Å²) in [5.74, 6) is 0.750. The molecule has 0 spiro atoms. The van der Waals surface area contributed by atoms with E-state index in [-0.39, 0.29) is 10.8 Å². The fraction of sp³-hybridized carbons (Fsp3) is 0. The Balaban J connectivity index is 1.27. The van der Waals surface area contributed by atoms with Gasteiger partial charge in [0.25, 0.3) is 0 Å². The van der Waals surface area contributed by atoms with E-state index in [1.54, 1.807) is 6.07 Å². The van der Waals surface area contributed by atoms with Gasteiger partial charge in [0.15, 0.2) is 4.34 Å². The van der Waals surface area contributed by atoms with E-state index in [9.17, 15) is 5.11 Å². The van der Waals surface area contributed by atoms with Crippen LogP contribution in [0.15, 0.2) is 105 Å². The number of aromatic hydroxyl groups is 1. The highest BCUT2D eigenvalue weighted by Gasteiger charge is 2.13. The van der Waals surface area contributed by atoms with Gasteiger partial charge in [-0.3, -0.25) is 4.99 Å². The van der Waals surface area contributed by atoms with E-state index in [1.165, 1.54) is 35.4 Å². The summed E-state index contributed by atoms with van der Waals surface area (Å²) in [6, 6.07) is 28.2. The van der Waals surface area contributed by atoms with Crippen LogP contribution >= 0.6 is 46.3 Å². The Hall–Kier alpha value is -4.22. The highest BCUT2D eigenvalue weighted by atomic mass is 35.5. The molecule has 6 rings (SSSR count). The van der Waals surface area contributed by atoms with Crippen molar-refractivity contribution in [1.82, 2.24) is 19.9 Å². The number of anilines is 4. The first kappa shape index (κ1) is 27.0. The van der Waals surface area contributed by atoms with Gasteiger partial charge in [0.05, 0.1) is 20.9 Å². The van der Waals surface area contributed by atoms with Crippen LogP contribution in [0.1, 0.15) is 5.56 Å². The van der Waals surface area contributed by atoms with Gasteiger partial charge in [-0.15, -0.1) is 11.3 Å². The normalized spacial score (nSPS) is 11.3. The number of phenolic OH excluding ortho intramolecular Hbond substituents is 1. The van der Waals surface area contributed by atoms with Gasteiger partial charge in [-0.05, 0) is 66.4 Å². The molecule has 0 fully saturated rings. The number of fused-ring (bicyclic) bond motifs is 1. The summed E-state index contributed by atoms with van der Waals surface area (Å²) in [6.07, 6.45) is 1.53. The van der Waals surface area contributed by atoms with E-state index >= 15 is 0 Å². The standard InChI is InChI=1S/C29H19Cl2N7OS2/c30-18-13-17(25(39)22(31)14-18)16-32-21-11-12-23-24(15-21)40-29(35-23)41-28-37-26(33-19-7-3-1-4-8-19)36-27(38-28)34-20-9-5-2-6-10-20/h1-16,39H,(H2,33,34,36,37,38). The monoisotopic (exact) mass is 615 g/mol. The van der Waals surface area contributed by atoms with Gasteiger partial charge >= 0.3 is 0 Å². The molecule has 0 bridgehead atoms. The van der Waals surface area contributed by atoms with Gasteiger partial charge in [0.2, 0.25) is 17.1 Å². The fourth-order valence-corrected chi connectivity index (χ4v) is 6.20. The lowest BCUT2D eigenvalue weighted by molar-refractivity contribution is 0.475. The Bertz CT molecular complexity index is 1810. The van der Waals surface area contributed by atoms with E-state index in [4.69, 9.17) is 28.2 Å². The molecule has 0 atom stereocenters. The number of aliphatic imine (C=N–C) groups is 1. The SMILES string of the molecule is Oc1c(Cl)cc(Cl)cc1C=Nc1ccc2nc(Sc3nc(Nc4ccccc4)nc(Nc4ccccc4)n3)sc2c1. The fourth-order valence-electron chi connectivity index (χ4n) is 3.74. The Morgan fingerprint density at radius 1 is 0.780 bits per heavy atom. The average molecular weight is 617 g/mol. The molecule has 8 nitrogen and oxygen atoms in total. The lowest BCUT2D eigenvalue weighted by Gasteiger charge is -2.09. The van der Waals surface area contributed by atoms with Crippen molar-refractivity contribution in [1.29, 1.82) is 0 Å². The van der Waals surface area contributed by atoms with Crippen molar-refractivity contribution in [3.05, 3.63) is 107 Å². The van der Waals surface area contributed by atoms with Crippen LogP contribution < -0.4 is 10.6 Å². The van der Waals surface area contributed by atoms with Crippen LogP contribution in [-0.4, -0.2) is 31.3 Å². The molecule has 4 aromatic carbocycles. The summed E-state index contributed by atoms with van der Waals surface area (Å²) < 4.78 is 1.71. The van der Waals surface area contributed by atoms with Gasteiger partial charge in [-0.2, -0.15) is 15.0 Å². The van der Waals surface area contributed by atoms with Gasteiger partial charge in [0, 0.05) is 28.2 Å². The Kier molecular flexibility index (Phi) is 7.97. The van der Waals surface area contributed by atoms with Gasteiger partial charge in [0.1, 0.15) is 5.75 Å². The van der Waals surface area contributed by atoms with Crippen molar-refractivity contribution in [3.8, 4) is 5.75 Å². The third-order valence-corrected chi connectivity index (χ3v) is 8.07. The lowest BCUT2D eigenvalue weighted by atomic mass is 10.2. The third-order valence-electron chi connectivity index (χ3n) is 5.62. The molecular weight excluding hydrogens is 597 g/mol. The highest BCUT2D eigenvalue weighted by Crippen LogP contribution is 2.36. The summed E-state index contributed by atoms with van der Waals surface area (Å²) in [7, 11) is 0. The Morgan fingerprint density at radius 2 is 1.44 bits per heavy atom. The molecule has 2 aromatic heterocycles. The van der Waals surface area contributed by atoms with E-state index in [0.29, 0.717) is 33.3 Å². The third kappa shape index (κ3) is 6.75. The topological polar surface area (TPSA) is 108 Å². The zero-order chi connectivity index (χ0) is 28.2. The Labute approximate surface area is 253 Å². The quantitative estimate of drug-likeness (QED) is 0.146. The first-order valence-corrected chi connectivity index (χ1v) is 14.6. The molecule has 0 saturated carbocycles.